The Bertz CT molecular complexity index is 826. The molecule has 2 rings (SSSR count). The number of carbonyl (C=O) groups is 1. The standard InChI is InChI=1S/C16H21N5O4/c1-16(2,17)15-20-11(12(22)14(24)21-15)13(23)19-7-5-9-4-6-18-10(8-9)25-3/h4,6,8,22H,5,7,17H2,1-3H3,(H,19,23)(H,20,21,24). The third kappa shape index (κ3) is 4.54. The minimum absolute atomic E-state index is 0.110. The zero-order valence-electron chi connectivity index (χ0n) is 14.3. The molecule has 0 spiro atoms. The highest BCUT2D eigenvalue weighted by Crippen LogP contribution is 2.15. The first-order valence-corrected chi connectivity index (χ1v) is 7.62. The Balaban J connectivity index is 2.10. The van der Waals surface area contributed by atoms with Gasteiger partial charge >= 0.3 is 0 Å². The van der Waals surface area contributed by atoms with Crippen molar-refractivity contribution in [3.8, 4) is 11.6 Å². The van der Waals surface area contributed by atoms with Crippen molar-refractivity contribution in [3.63, 3.8) is 0 Å². The molecular weight excluding hydrogens is 326 g/mol. The van der Waals surface area contributed by atoms with Crippen LogP contribution in [0, 0.1) is 0 Å². The minimum Gasteiger partial charge on any atom is -0.501 e. The van der Waals surface area contributed by atoms with Gasteiger partial charge in [-0.2, -0.15) is 0 Å². The second-order valence-corrected chi connectivity index (χ2v) is 6.05. The predicted molar refractivity (Wildman–Crippen MR) is 90.6 cm³/mol. The fraction of sp³-hybridized carbons (Fsp3) is 0.375. The van der Waals surface area contributed by atoms with Crippen LogP contribution in [0.2, 0.25) is 0 Å². The molecule has 1 amide bonds. The zero-order valence-corrected chi connectivity index (χ0v) is 14.3. The van der Waals surface area contributed by atoms with E-state index < -0.39 is 22.8 Å². The monoisotopic (exact) mass is 347 g/mol. The van der Waals surface area contributed by atoms with Crippen LogP contribution >= 0.6 is 0 Å². The number of amides is 1. The number of nitrogens with zero attached hydrogens (tertiary/aromatic N) is 2. The van der Waals surface area contributed by atoms with Gasteiger partial charge in [0.25, 0.3) is 11.5 Å². The van der Waals surface area contributed by atoms with Gasteiger partial charge < -0.3 is 25.9 Å². The molecule has 134 valence electrons. The van der Waals surface area contributed by atoms with Gasteiger partial charge in [0.2, 0.25) is 11.6 Å². The smallest absolute Gasteiger partial charge is 0.293 e. The molecule has 0 aromatic carbocycles. The van der Waals surface area contributed by atoms with Gasteiger partial charge in [0.15, 0.2) is 5.69 Å². The average molecular weight is 347 g/mol. The normalized spacial score (nSPS) is 11.2. The van der Waals surface area contributed by atoms with Crippen LogP contribution in [0.3, 0.4) is 0 Å². The Hall–Kier alpha value is -2.94. The molecule has 0 atom stereocenters. The minimum atomic E-state index is -0.963. The third-order valence-corrected chi connectivity index (χ3v) is 3.43. The molecule has 0 saturated heterocycles. The van der Waals surface area contributed by atoms with E-state index in [1.165, 1.54) is 7.11 Å². The van der Waals surface area contributed by atoms with Crippen molar-refractivity contribution >= 4 is 5.91 Å². The van der Waals surface area contributed by atoms with Gasteiger partial charge in [0, 0.05) is 18.8 Å². The highest BCUT2D eigenvalue weighted by molar-refractivity contribution is 5.94. The summed E-state index contributed by atoms with van der Waals surface area (Å²) in [7, 11) is 1.52. The van der Waals surface area contributed by atoms with Crippen LogP contribution < -0.4 is 21.3 Å². The highest BCUT2D eigenvalue weighted by Gasteiger charge is 2.23. The molecule has 0 bridgehead atoms. The van der Waals surface area contributed by atoms with Crippen molar-refractivity contribution in [2.45, 2.75) is 25.8 Å². The number of nitrogens with two attached hydrogens (primary N) is 1. The van der Waals surface area contributed by atoms with Crippen LogP contribution in [0.1, 0.15) is 35.7 Å². The summed E-state index contributed by atoms with van der Waals surface area (Å²) in [5, 5.41) is 12.4. The molecule has 0 aliphatic heterocycles. The SMILES string of the molecule is COc1cc(CCNC(=O)c2nc(C(C)(C)N)[nH]c(=O)c2O)ccn1. The van der Waals surface area contributed by atoms with Gasteiger partial charge in [0.1, 0.15) is 5.82 Å². The van der Waals surface area contributed by atoms with E-state index in [1.54, 1.807) is 32.2 Å². The Morgan fingerprint density at radius 2 is 2.20 bits per heavy atom. The summed E-state index contributed by atoms with van der Waals surface area (Å²) in [6, 6.07) is 3.55. The number of methoxy groups -OCH3 is 1. The summed E-state index contributed by atoms with van der Waals surface area (Å²) in [4.78, 5) is 34.4. The Labute approximate surface area is 144 Å². The molecule has 2 aromatic heterocycles. The van der Waals surface area contributed by atoms with Crippen molar-refractivity contribution < 1.29 is 14.6 Å². The molecule has 0 aliphatic rings. The molecule has 0 unspecified atom stereocenters. The first-order chi connectivity index (χ1) is 11.7. The third-order valence-electron chi connectivity index (χ3n) is 3.43. The van der Waals surface area contributed by atoms with E-state index in [9.17, 15) is 14.7 Å². The molecule has 0 radical (unpaired) electrons. The summed E-state index contributed by atoms with van der Waals surface area (Å²) < 4.78 is 5.03. The molecule has 2 heterocycles. The number of nitrogens with one attached hydrogen (secondary N) is 2. The largest absolute Gasteiger partial charge is 0.501 e. The van der Waals surface area contributed by atoms with Crippen molar-refractivity contribution in [1.82, 2.24) is 20.3 Å². The summed E-state index contributed by atoms with van der Waals surface area (Å²) in [6.07, 6.45) is 2.12. The number of pyridine rings is 1. The van der Waals surface area contributed by atoms with Gasteiger partial charge in [0.05, 0.1) is 12.6 Å². The van der Waals surface area contributed by atoms with Gasteiger partial charge in [-0.05, 0) is 31.9 Å². The Kier molecular flexibility index (Phi) is 5.38. The number of aromatic nitrogens is 3. The number of aromatic hydroxyl groups is 1. The van der Waals surface area contributed by atoms with Gasteiger partial charge in [-0.15, -0.1) is 0 Å². The Morgan fingerprint density at radius 3 is 2.84 bits per heavy atom. The summed E-state index contributed by atoms with van der Waals surface area (Å²) in [5.74, 6) is -0.807. The molecule has 0 fully saturated rings. The molecule has 0 aliphatic carbocycles. The number of H-pyrrole nitrogens is 1. The first kappa shape index (κ1) is 18.4. The number of rotatable bonds is 6. The van der Waals surface area contributed by atoms with E-state index in [0.717, 1.165) is 5.56 Å². The van der Waals surface area contributed by atoms with E-state index in [-0.39, 0.29) is 18.1 Å². The summed E-state index contributed by atoms with van der Waals surface area (Å²) >= 11 is 0. The van der Waals surface area contributed by atoms with Crippen LogP contribution in [0.5, 0.6) is 11.6 Å². The van der Waals surface area contributed by atoms with Crippen molar-refractivity contribution in [2.75, 3.05) is 13.7 Å². The number of hydrogen-bond donors (Lipinski definition) is 4. The van der Waals surface area contributed by atoms with Gasteiger partial charge in [-0.3, -0.25) is 9.59 Å². The fourth-order valence-corrected chi connectivity index (χ4v) is 2.05. The maximum atomic E-state index is 12.2. The van der Waals surface area contributed by atoms with Gasteiger partial charge in [-0.1, -0.05) is 0 Å². The second kappa shape index (κ2) is 7.31. The number of hydrogen-bond acceptors (Lipinski definition) is 7. The molecule has 0 saturated carbocycles. The van der Waals surface area contributed by atoms with Crippen LogP contribution in [0.15, 0.2) is 23.1 Å². The second-order valence-electron chi connectivity index (χ2n) is 6.05. The van der Waals surface area contributed by atoms with Crippen LogP contribution in [-0.4, -0.2) is 39.6 Å². The van der Waals surface area contributed by atoms with E-state index in [0.29, 0.717) is 12.3 Å². The van der Waals surface area contributed by atoms with E-state index >= 15 is 0 Å². The average Bonchev–Trinajstić information content (AvgIpc) is 2.56. The molecule has 2 aromatic rings. The fourth-order valence-electron chi connectivity index (χ4n) is 2.05. The van der Waals surface area contributed by atoms with Crippen LogP contribution in [-0.2, 0) is 12.0 Å². The zero-order chi connectivity index (χ0) is 18.6. The summed E-state index contributed by atoms with van der Waals surface area (Å²) in [5.41, 5.74) is 4.67. The number of aromatic amines is 1. The molecule has 25 heavy (non-hydrogen) atoms. The lowest BCUT2D eigenvalue weighted by Crippen LogP contribution is -2.36. The van der Waals surface area contributed by atoms with Crippen LogP contribution in [0.25, 0.3) is 0 Å². The Morgan fingerprint density at radius 1 is 1.48 bits per heavy atom. The molecule has 9 heteroatoms. The van der Waals surface area contributed by atoms with E-state index in [1.807, 2.05) is 0 Å². The number of ether oxygens (including phenoxy) is 1. The summed E-state index contributed by atoms with van der Waals surface area (Å²) in [6.45, 7) is 3.53. The van der Waals surface area contributed by atoms with Crippen LogP contribution in [0.4, 0.5) is 0 Å². The predicted octanol–water partition coefficient (Wildman–Crippen LogP) is 0.0454. The van der Waals surface area contributed by atoms with E-state index in [4.69, 9.17) is 10.5 Å². The molecular formula is C16H21N5O4. The topological polar surface area (TPSA) is 143 Å². The molecule has 5 N–H and O–H groups in total. The number of carbonyl (C=O) groups excluding carboxylic acids is 1. The molecule has 9 nitrogen and oxygen atoms in total. The lowest BCUT2D eigenvalue weighted by molar-refractivity contribution is 0.0945. The van der Waals surface area contributed by atoms with Crippen molar-refractivity contribution in [3.05, 3.63) is 45.8 Å². The quantitative estimate of drug-likeness (QED) is 0.578. The van der Waals surface area contributed by atoms with E-state index in [2.05, 4.69) is 20.3 Å². The maximum absolute atomic E-state index is 12.2. The lowest BCUT2D eigenvalue weighted by Gasteiger charge is -2.18. The van der Waals surface area contributed by atoms with Crippen molar-refractivity contribution in [1.29, 1.82) is 0 Å². The van der Waals surface area contributed by atoms with Crippen molar-refractivity contribution in [2.24, 2.45) is 5.73 Å². The first-order valence-electron chi connectivity index (χ1n) is 7.62. The highest BCUT2D eigenvalue weighted by atomic mass is 16.5. The maximum Gasteiger partial charge on any atom is 0.293 e. The lowest BCUT2D eigenvalue weighted by atomic mass is 10.1. The van der Waals surface area contributed by atoms with Gasteiger partial charge in [-0.25, -0.2) is 9.97 Å².